The molecule has 1 aromatic rings. The lowest BCUT2D eigenvalue weighted by Gasteiger charge is -2.11. The van der Waals surface area contributed by atoms with Gasteiger partial charge >= 0.3 is 5.97 Å². The lowest BCUT2D eigenvalue weighted by atomic mass is 10.1. The topological polar surface area (TPSA) is 54.4 Å². The van der Waals surface area contributed by atoms with Crippen LogP contribution in [0.2, 0.25) is 0 Å². The summed E-state index contributed by atoms with van der Waals surface area (Å²) in [6.07, 6.45) is 1.46. The molecule has 0 radical (unpaired) electrons. The number of carbonyl (C=O) groups excluding carboxylic acids is 1. The second-order valence-electron chi connectivity index (χ2n) is 4.00. The predicted octanol–water partition coefficient (Wildman–Crippen LogP) is 4.34. The third-order valence-electron chi connectivity index (χ3n) is 2.78. The summed E-state index contributed by atoms with van der Waals surface area (Å²) in [6.45, 7) is 3.85. The van der Waals surface area contributed by atoms with Crippen molar-refractivity contribution in [2.45, 2.75) is 31.6 Å². The number of rotatable bonds is 5. The van der Waals surface area contributed by atoms with Crippen LogP contribution < -0.4 is 0 Å². The van der Waals surface area contributed by atoms with Crippen LogP contribution in [0.1, 0.15) is 37.0 Å². The highest BCUT2D eigenvalue weighted by Gasteiger charge is 2.20. The minimum Gasteiger partial charge on any atom is -0.478 e. The summed E-state index contributed by atoms with van der Waals surface area (Å²) in [4.78, 5) is 23.3. The molecule has 0 heterocycles. The molecule has 0 aromatic heterocycles. The molecule has 104 valence electrons. The van der Waals surface area contributed by atoms with Gasteiger partial charge < -0.3 is 5.11 Å². The molecule has 0 aliphatic carbocycles. The lowest BCUT2D eigenvalue weighted by Crippen LogP contribution is -2.09. The molecule has 3 nitrogen and oxygen atoms in total. The maximum atomic E-state index is 13.4. The number of carboxylic acids is 1. The monoisotopic (exact) mass is 348 g/mol. The van der Waals surface area contributed by atoms with E-state index < -0.39 is 17.3 Å². The molecule has 19 heavy (non-hydrogen) atoms. The summed E-state index contributed by atoms with van der Waals surface area (Å²) < 4.78 is 13.8. The van der Waals surface area contributed by atoms with E-state index in [1.165, 1.54) is 6.07 Å². The van der Waals surface area contributed by atoms with Crippen LogP contribution in [0.4, 0.5) is 4.39 Å². The molecule has 0 atom stereocenters. The van der Waals surface area contributed by atoms with Crippen molar-refractivity contribution in [1.82, 2.24) is 0 Å². The smallest absolute Gasteiger partial charge is 0.338 e. The Labute approximate surface area is 123 Å². The fraction of sp³-hybridized carbons (Fsp3) is 0.385. The zero-order valence-corrected chi connectivity index (χ0v) is 13.0. The first-order valence-electron chi connectivity index (χ1n) is 5.84. The third kappa shape index (κ3) is 4.04. The van der Waals surface area contributed by atoms with Gasteiger partial charge in [-0.2, -0.15) is 0 Å². The fourth-order valence-corrected chi connectivity index (χ4v) is 3.19. The predicted molar refractivity (Wildman–Crippen MR) is 76.0 cm³/mol. The second-order valence-corrected chi connectivity index (χ2v) is 5.90. The Morgan fingerprint density at radius 2 is 1.95 bits per heavy atom. The molecule has 1 N–H and O–H groups in total. The standard InChI is InChI=1S/C13H14BrFO3S/c1-3-7(4-2)13(18)19-11-5-8(12(16)17)10(15)6-9(11)14/h5-7H,3-4H2,1-2H3,(H,16,17). The van der Waals surface area contributed by atoms with Crippen LogP contribution in [0.15, 0.2) is 21.5 Å². The Hall–Kier alpha value is -0.880. The Morgan fingerprint density at radius 3 is 2.42 bits per heavy atom. The van der Waals surface area contributed by atoms with E-state index >= 15 is 0 Å². The van der Waals surface area contributed by atoms with E-state index in [-0.39, 0.29) is 11.0 Å². The maximum absolute atomic E-state index is 13.4. The van der Waals surface area contributed by atoms with Gasteiger partial charge in [0.1, 0.15) is 5.82 Å². The van der Waals surface area contributed by atoms with E-state index in [1.54, 1.807) is 0 Å². The van der Waals surface area contributed by atoms with Crippen molar-refractivity contribution in [1.29, 1.82) is 0 Å². The van der Waals surface area contributed by atoms with E-state index in [2.05, 4.69) is 15.9 Å². The quantitative estimate of drug-likeness (QED) is 0.804. The van der Waals surface area contributed by atoms with Crippen molar-refractivity contribution in [2.24, 2.45) is 5.92 Å². The zero-order valence-electron chi connectivity index (χ0n) is 10.6. The highest BCUT2D eigenvalue weighted by atomic mass is 79.9. The van der Waals surface area contributed by atoms with Gasteiger partial charge in [0.25, 0.3) is 0 Å². The SMILES string of the molecule is CCC(CC)C(=O)Sc1cc(C(=O)O)c(F)cc1Br. The average Bonchev–Trinajstić information content (AvgIpc) is 2.33. The Morgan fingerprint density at radius 1 is 1.37 bits per heavy atom. The first-order valence-corrected chi connectivity index (χ1v) is 7.45. The summed E-state index contributed by atoms with van der Waals surface area (Å²) in [7, 11) is 0. The molecule has 1 aromatic carbocycles. The molecule has 0 amide bonds. The highest BCUT2D eigenvalue weighted by Crippen LogP contribution is 2.33. The largest absolute Gasteiger partial charge is 0.478 e. The minimum absolute atomic E-state index is 0.0337. The van der Waals surface area contributed by atoms with Crippen molar-refractivity contribution in [2.75, 3.05) is 0 Å². The molecule has 0 saturated heterocycles. The van der Waals surface area contributed by atoms with Crippen molar-refractivity contribution in [3.05, 3.63) is 28.0 Å². The summed E-state index contributed by atoms with van der Waals surface area (Å²) in [6, 6.07) is 2.26. The number of hydrogen-bond donors (Lipinski definition) is 1. The third-order valence-corrected chi connectivity index (χ3v) is 4.79. The molecule has 0 saturated carbocycles. The van der Waals surface area contributed by atoms with E-state index in [0.717, 1.165) is 30.7 Å². The van der Waals surface area contributed by atoms with Gasteiger partial charge in [0, 0.05) is 15.3 Å². The number of carboxylic acid groups (broad SMARTS) is 1. The van der Waals surface area contributed by atoms with Crippen molar-refractivity contribution in [3.8, 4) is 0 Å². The molecule has 0 bridgehead atoms. The molecular formula is C13H14BrFO3S. The van der Waals surface area contributed by atoms with Crippen LogP contribution in [0.3, 0.4) is 0 Å². The number of thioether (sulfide) groups is 1. The zero-order chi connectivity index (χ0) is 14.6. The molecule has 1 rings (SSSR count). The Kier molecular flexibility index (Phi) is 6.00. The number of halogens is 2. The molecule has 0 fully saturated rings. The van der Waals surface area contributed by atoms with Gasteiger partial charge in [-0.1, -0.05) is 25.6 Å². The van der Waals surface area contributed by atoms with E-state index in [4.69, 9.17) is 5.11 Å². The van der Waals surface area contributed by atoms with Crippen LogP contribution in [-0.4, -0.2) is 16.2 Å². The minimum atomic E-state index is -1.35. The molecule has 6 heteroatoms. The Bertz CT molecular complexity index is 501. The van der Waals surface area contributed by atoms with Crippen molar-refractivity contribution < 1.29 is 19.1 Å². The van der Waals surface area contributed by atoms with Gasteiger partial charge in [0.2, 0.25) is 0 Å². The van der Waals surface area contributed by atoms with Crippen LogP contribution in [-0.2, 0) is 4.79 Å². The van der Waals surface area contributed by atoms with E-state index in [0.29, 0.717) is 9.37 Å². The van der Waals surface area contributed by atoms with Gasteiger partial charge in [0.15, 0.2) is 5.12 Å². The van der Waals surface area contributed by atoms with Crippen LogP contribution in [0.25, 0.3) is 0 Å². The number of hydrogen-bond acceptors (Lipinski definition) is 3. The van der Waals surface area contributed by atoms with Gasteiger partial charge in [-0.05, 0) is 40.9 Å². The number of benzene rings is 1. The van der Waals surface area contributed by atoms with Gasteiger partial charge in [-0.15, -0.1) is 0 Å². The van der Waals surface area contributed by atoms with Crippen molar-refractivity contribution >= 4 is 38.8 Å². The fourth-order valence-electron chi connectivity index (χ4n) is 1.58. The first kappa shape index (κ1) is 16.2. The first-order chi connectivity index (χ1) is 8.90. The second kappa shape index (κ2) is 7.05. The Balaban J connectivity index is 3.04. The molecule has 0 unspecified atom stereocenters. The van der Waals surface area contributed by atoms with Crippen LogP contribution in [0.5, 0.6) is 0 Å². The molecule has 0 aliphatic heterocycles. The summed E-state index contributed by atoms with van der Waals surface area (Å²) in [5.41, 5.74) is -0.428. The van der Waals surface area contributed by atoms with E-state index in [9.17, 15) is 14.0 Å². The highest BCUT2D eigenvalue weighted by molar-refractivity contribution is 9.10. The number of aromatic carboxylic acids is 1. The molecular weight excluding hydrogens is 335 g/mol. The average molecular weight is 349 g/mol. The molecule has 0 aliphatic rings. The van der Waals surface area contributed by atoms with Gasteiger partial charge in [-0.25, -0.2) is 9.18 Å². The van der Waals surface area contributed by atoms with Gasteiger partial charge in [-0.3, -0.25) is 4.79 Å². The van der Waals surface area contributed by atoms with Crippen molar-refractivity contribution in [3.63, 3.8) is 0 Å². The summed E-state index contributed by atoms with van der Waals surface area (Å²) in [5, 5.41) is 8.83. The number of carbonyl (C=O) groups is 2. The lowest BCUT2D eigenvalue weighted by molar-refractivity contribution is -0.114. The van der Waals surface area contributed by atoms with Gasteiger partial charge in [0.05, 0.1) is 5.56 Å². The maximum Gasteiger partial charge on any atom is 0.338 e. The summed E-state index contributed by atoms with van der Waals surface area (Å²) in [5.74, 6) is -2.24. The molecule has 0 spiro atoms. The van der Waals surface area contributed by atoms with Crippen LogP contribution in [0, 0.1) is 11.7 Å². The summed E-state index contributed by atoms with van der Waals surface area (Å²) >= 11 is 4.10. The van der Waals surface area contributed by atoms with Crippen LogP contribution >= 0.6 is 27.7 Å². The normalized spacial score (nSPS) is 10.8. The van der Waals surface area contributed by atoms with E-state index in [1.807, 2.05) is 13.8 Å².